The Labute approximate surface area is 126 Å². The summed E-state index contributed by atoms with van der Waals surface area (Å²) in [4.78, 5) is 0. The fourth-order valence-corrected chi connectivity index (χ4v) is 3.03. The summed E-state index contributed by atoms with van der Waals surface area (Å²) in [5.41, 5.74) is 5.95. The minimum Gasteiger partial charge on any atom is -0.398 e. The van der Waals surface area contributed by atoms with E-state index in [0.29, 0.717) is 11.6 Å². The van der Waals surface area contributed by atoms with Gasteiger partial charge in [-0.2, -0.15) is 18.3 Å². The molecule has 0 spiro atoms. The first-order chi connectivity index (χ1) is 10.4. The van der Waals surface area contributed by atoms with E-state index in [1.165, 1.54) is 31.4 Å². The molecule has 1 aromatic heterocycles. The Morgan fingerprint density at radius 3 is 2.45 bits per heavy atom. The third-order valence-electron chi connectivity index (χ3n) is 4.24. The fourth-order valence-electron chi connectivity index (χ4n) is 3.03. The molecule has 1 aliphatic carbocycles. The van der Waals surface area contributed by atoms with Gasteiger partial charge in [-0.1, -0.05) is 25.3 Å². The number of halogens is 3. The van der Waals surface area contributed by atoms with E-state index >= 15 is 0 Å². The van der Waals surface area contributed by atoms with E-state index in [0.717, 1.165) is 24.5 Å². The van der Waals surface area contributed by atoms with Crippen molar-refractivity contribution in [2.24, 2.45) is 0 Å². The number of rotatable bonds is 2. The van der Waals surface area contributed by atoms with Crippen LogP contribution < -0.4 is 5.73 Å². The Kier molecular flexibility index (Phi) is 3.85. The number of benzene rings is 1. The lowest BCUT2D eigenvalue weighted by Crippen LogP contribution is -2.12. The maximum atomic E-state index is 12.7. The first kappa shape index (κ1) is 14.9. The second kappa shape index (κ2) is 5.66. The Morgan fingerprint density at radius 1 is 1.09 bits per heavy atom. The van der Waals surface area contributed by atoms with Gasteiger partial charge in [0.2, 0.25) is 0 Å². The van der Waals surface area contributed by atoms with Gasteiger partial charge in [0.1, 0.15) is 0 Å². The summed E-state index contributed by atoms with van der Waals surface area (Å²) >= 11 is 0. The molecule has 0 bridgehead atoms. The smallest absolute Gasteiger partial charge is 0.398 e. The zero-order valence-corrected chi connectivity index (χ0v) is 12.1. The predicted molar refractivity (Wildman–Crippen MR) is 79.2 cm³/mol. The molecule has 1 aliphatic rings. The molecule has 6 heteroatoms. The highest BCUT2D eigenvalue weighted by Crippen LogP contribution is 2.36. The highest BCUT2D eigenvalue weighted by atomic mass is 19.4. The van der Waals surface area contributed by atoms with Crippen LogP contribution in [-0.4, -0.2) is 9.78 Å². The molecule has 3 nitrogen and oxygen atoms in total. The quantitative estimate of drug-likeness (QED) is 0.820. The van der Waals surface area contributed by atoms with Gasteiger partial charge in [-0.3, -0.25) is 4.68 Å². The maximum absolute atomic E-state index is 12.7. The van der Waals surface area contributed by atoms with E-state index in [1.54, 1.807) is 6.20 Å². The van der Waals surface area contributed by atoms with Crippen molar-refractivity contribution in [3.8, 4) is 11.1 Å². The van der Waals surface area contributed by atoms with Crippen LogP contribution in [-0.2, 0) is 6.18 Å². The fraction of sp³-hybridized carbons (Fsp3) is 0.438. The van der Waals surface area contributed by atoms with Crippen molar-refractivity contribution in [3.63, 3.8) is 0 Å². The topological polar surface area (TPSA) is 43.8 Å². The molecule has 0 saturated heterocycles. The summed E-state index contributed by atoms with van der Waals surface area (Å²) in [5.74, 6) is 0. The second-order valence-corrected chi connectivity index (χ2v) is 5.80. The monoisotopic (exact) mass is 309 g/mol. The van der Waals surface area contributed by atoms with E-state index in [4.69, 9.17) is 5.73 Å². The van der Waals surface area contributed by atoms with Gasteiger partial charge in [-0.25, -0.2) is 0 Å². The van der Waals surface area contributed by atoms with Crippen LogP contribution in [0.5, 0.6) is 0 Å². The minimum atomic E-state index is -4.42. The van der Waals surface area contributed by atoms with Crippen LogP contribution in [0, 0.1) is 0 Å². The molecule has 1 aromatic carbocycles. The molecule has 2 aromatic rings. The highest BCUT2D eigenvalue weighted by Gasteiger charge is 2.32. The van der Waals surface area contributed by atoms with Crippen LogP contribution in [0.15, 0.2) is 30.6 Å². The minimum absolute atomic E-state index is 0.254. The van der Waals surface area contributed by atoms with E-state index < -0.39 is 11.7 Å². The van der Waals surface area contributed by atoms with Crippen molar-refractivity contribution in [1.82, 2.24) is 9.78 Å². The van der Waals surface area contributed by atoms with Gasteiger partial charge in [0.25, 0.3) is 0 Å². The van der Waals surface area contributed by atoms with E-state index in [2.05, 4.69) is 5.10 Å². The second-order valence-electron chi connectivity index (χ2n) is 5.80. The molecule has 0 aliphatic heterocycles. The van der Waals surface area contributed by atoms with Crippen LogP contribution in [0.4, 0.5) is 18.9 Å². The van der Waals surface area contributed by atoms with Gasteiger partial charge >= 0.3 is 6.18 Å². The molecular weight excluding hydrogens is 291 g/mol. The van der Waals surface area contributed by atoms with Gasteiger partial charge in [0.15, 0.2) is 0 Å². The number of hydrogen-bond acceptors (Lipinski definition) is 2. The van der Waals surface area contributed by atoms with Crippen molar-refractivity contribution in [2.75, 3.05) is 5.73 Å². The third-order valence-corrected chi connectivity index (χ3v) is 4.24. The van der Waals surface area contributed by atoms with Crippen molar-refractivity contribution >= 4 is 5.69 Å². The molecule has 1 saturated carbocycles. The summed E-state index contributed by atoms with van der Waals surface area (Å²) < 4.78 is 40.1. The molecule has 2 N–H and O–H groups in total. The average Bonchev–Trinajstić information content (AvgIpc) is 2.96. The summed E-state index contributed by atoms with van der Waals surface area (Å²) in [5, 5.41) is 4.37. The SMILES string of the molecule is Nc1cc(-c2cnn(C3CCCCC3)c2)ccc1C(F)(F)F. The van der Waals surface area contributed by atoms with Gasteiger partial charge < -0.3 is 5.73 Å². The van der Waals surface area contributed by atoms with Gasteiger partial charge in [0, 0.05) is 17.4 Å². The molecular formula is C16H18F3N3. The molecule has 0 atom stereocenters. The summed E-state index contributed by atoms with van der Waals surface area (Å²) in [6, 6.07) is 4.24. The van der Waals surface area contributed by atoms with Crippen LogP contribution in [0.3, 0.4) is 0 Å². The number of aromatic nitrogens is 2. The molecule has 118 valence electrons. The summed E-state index contributed by atoms with van der Waals surface area (Å²) in [6.07, 6.45) is 5.05. The van der Waals surface area contributed by atoms with Crippen molar-refractivity contribution in [3.05, 3.63) is 36.2 Å². The lowest BCUT2D eigenvalue weighted by Gasteiger charge is -2.21. The van der Waals surface area contributed by atoms with E-state index in [1.807, 2.05) is 10.9 Å². The number of nitrogens with zero attached hydrogens (tertiary/aromatic N) is 2. The summed E-state index contributed by atoms with van der Waals surface area (Å²) in [6.45, 7) is 0. The number of hydrogen-bond donors (Lipinski definition) is 1. The molecule has 0 unspecified atom stereocenters. The maximum Gasteiger partial charge on any atom is 0.418 e. The van der Waals surface area contributed by atoms with Gasteiger partial charge in [-0.15, -0.1) is 0 Å². The van der Waals surface area contributed by atoms with Gasteiger partial charge in [-0.05, 0) is 30.5 Å². The average molecular weight is 309 g/mol. The number of alkyl halides is 3. The first-order valence-corrected chi connectivity index (χ1v) is 7.46. The molecule has 1 heterocycles. The Balaban J connectivity index is 1.85. The van der Waals surface area contributed by atoms with Crippen molar-refractivity contribution in [2.45, 2.75) is 44.3 Å². The van der Waals surface area contributed by atoms with Crippen LogP contribution in [0.25, 0.3) is 11.1 Å². The number of nitrogens with two attached hydrogens (primary N) is 1. The molecule has 0 radical (unpaired) electrons. The van der Waals surface area contributed by atoms with Crippen molar-refractivity contribution < 1.29 is 13.2 Å². The Morgan fingerprint density at radius 2 is 1.82 bits per heavy atom. The van der Waals surface area contributed by atoms with Gasteiger partial charge in [0.05, 0.1) is 17.8 Å². The van der Waals surface area contributed by atoms with E-state index in [9.17, 15) is 13.2 Å². The van der Waals surface area contributed by atoms with E-state index in [-0.39, 0.29) is 5.69 Å². The van der Waals surface area contributed by atoms with Crippen LogP contribution >= 0.6 is 0 Å². The lowest BCUT2D eigenvalue weighted by atomic mass is 9.96. The lowest BCUT2D eigenvalue weighted by molar-refractivity contribution is -0.136. The molecule has 0 amide bonds. The van der Waals surface area contributed by atoms with Crippen molar-refractivity contribution in [1.29, 1.82) is 0 Å². The third kappa shape index (κ3) is 2.96. The standard InChI is InChI=1S/C16H18F3N3/c17-16(18,19)14-7-6-11(8-15(14)20)12-9-21-22(10-12)13-4-2-1-3-5-13/h6-10,13H,1-5,20H2. The Hall–Kier alpha value is -1.98. The zero-order valence-electron chi connectivity index (χ0n) is 12.1. The first-order valence-electron chi connectivity index (χ1n) is 7.46. The molecule has 3 rings (SSSR count). The zero-order chi connectivity index (χ0) is 15.7. The normalized spacial score (nSPS) is 16.9. The van der Waals surface area contributed by atoms with Crippen LogP contribution in [0.1, 0.15) is 43.7 Å². The molecule has 22 heavy (non-hydrogen) atoms. The summed E-state index contributed by atoms with van der Waals surface area (Å²) in [7, 11) is 0. The highest BCUT2D eigenvalue weighted by molar-refractivity contribution is 5.68. The number of anilines is 1. The number of nitrogen functional groups attached to an aromatic ring is 1. The molecule has 1 fully saturated rings. The Bertz CT molecular complexity index is 655. The van der Waals surface area contributed by atoms with Crippen LogP contribution in [0.2, 0.25) is 0 Å². The predicted octanol–water partition coefficient (Wildman–Crippen LogP) is 4.66. The largest absolute Gasteiger partial charge is 0.418 e.